The molecule has 24 heavy (non-hydrogen) atoms. The molecule has 4 rings (SSSR count). The second-order valence-electron chi connectivity index (χ2n) is 8.92. The number of fused-ring (bicyclic) bond motifs is 5. The average molecular weight is 346 g/mol. The summed E-state index contributed by atoms with van der Waals surface area (Å²) in [5.41, 5.74) is 1.35. The van der Waals surface area contributed by atoms with Crippen LogP contribution in [0.5, 0.6) is 0 Å². The molecule has 3 saturated carbocycles. The molecule has 0 aromatic heterocycles. The number of allylic oxidation sites excluding steroid dienone is 1. The van der Waals surface area contributed by atoms with Gasteiger partial charge in [-0.3, -0.25) is 4.79 Å². The molecule has 0 heterocycles. The first kappa shape index (κ1) is 16.6. The molecule has 3 heteroatoms. The molecule has 0 aliphatic heterocycles. The standard InChI is InChI=1S/C21H28ClNO/c1-3-21(12-23)11-9-17-15-4-5-16-13(6-7-18(24)19(16)22)14(15)8-10-20(17,21)2/h13-15,17H,3-11H2,1-2H3/t13-,14-,15-,17+,20+,21-/m1/s1. The van der Waals surface area contributed by atoms with E-state index in [2.05, 4.69) is 19.9 Å². The van der Waals surface area contributed by atoms with Gasteiger partial charge >= 0.3 is 0 Å². The lowest BCUT2D eigenvalue weighted by molar-refractivity contribution is -0.116. The third-order valence-corrected chi connectivity index (χ3v) is 9.05. The third-order valence-electron chi connectivity index (χ3n) is 8.60. The quantitative estimate of drug-likeness (QED) is 0.619. The minimum atomic E-state index is -0.112. The molecule has 0 N–H and O–H groups in total. The van der Waals surface area contributed by atoms with Gasteiger partial charge in [0.25, 0.3) is 0 Å². The maximum absolute atomic E-state index is 12.0. The molecule has 2 nitrogen and oxygen atoms in total. The van der Waals surface area contributed by atoms with Gasteiger partial charge in [-0.15, -0.1) is 0 Å². The van der Waals surface area contributed by atoms with E-state index in [-0.39, 0.29) is 16.6 Å². The van der Waals surface area contributed by atoms with Gasteiger partial charge in [0.05, 0.1) is 16.5 Å². The van der Waals surface area contributed by atoms with E-state index in [4.69, 9.17) is 11.6 Å². The summed E-state index contributed by atoms with van der Waals surface area (Å²) in [6.07, 6.45) is 9.50. The van der Waals surface area contributed by atoms with Crippen molar-refractivity contribution in [1.29, 1.82) is 5.26 Å². The summed E-state index contributed by atoms with van der Waals surface area (Å²) in [4.78, 5) is 12.0. The number of Topliss-reactive ketones (excluding diaryl/α,β-unsaturated/α-hetero) is 1. The normalized spacial score (nSPS) is 47.7. The van der Waals surface area contributed by atoms with Gasteiger partial charge in [-0.2, -0.15) is 5.26 Å². The van der Waals surface area contributed by atoms with Gasteiger partial charge in [-0.1, -0.05) is 25.4 Å². The molecular formula is C21H28ClNO. The highest BCUT2D eigenvalue weighted by Gasteiger charge is 2.62. The predicted molar refractivity (Wildman–Crippen MR) is 95.2 cm³/mol. The maximum Gasteiger partial charge on any atom is 0.174 e. The minimum absolute atomic E-state index is 0.112. The molecule has 3 fully saturated rings. The second kappa shape index (κ2) is 5.60. The van der Waals surface area contributed by atoms with Gasteiger partial charge in [-0.05, 0) is 86.0 Å². The lowest BCUT2D eigenvalue weighted by Gasteiger charge is -2.55. The molecule has 0 aromatic rings. The Morgan fingerprint density at radius 1 is 1.17 bits per heavy atom. The van der Waals surface area contributed by atoms with Crippen molar-refractivity contribution in [3.63, 3.8) is 0 Å². The first-order chi connectivity index (χ1) is 11.5. The van der Waals surface area contributed by atoms with Crippen molar-refractivity contribution < 1.29 is 4.79 Å². The molecule has 6 atom stereocenters. The van der Waals surface area contributed by atoms with Gasteiger partial charge in [0.1, 0.15) is 0 Å². The highest BCUT2D eigenvalue weighted by Crippen LogP contribution is 2.68. The highest BCUT2D eigenvalue weighted by molar-refractivity contribution is 6.43. The largest absolute Gasteiger partial charge is 0.293 e. The molecule has 0 bridgehead atoms. The molecule has 0 unspecified atom stereocenters. The summed E-state index contributed by atoms with van der Waals surface area (Å²) in [6.45, 7) is 4.62. The number of halogens is 1. The average Bonchev–Trinajstić information content (AvgIpc) is 2.90. The number of ketones is 1. The van der Waals surface area contributed by atoms with Crippen LogP contribution < -0.4 is 0 Å². The molecule has 0 saturated heterocycles. The number of hydrogen-bond acceptors (Lipinski definition) is 2. The van der Waals surface area contributed by atoms with Crippen LogP contribution in [0, 0.1) is 45.8 Å². The fourth-order valence-corrected chi connectivity index (χ4v) is 7.54. The fourth-order valence-electron chi connectivity index (χ4n) is 7.21. The Bertz CT molecular complexity index is 647. The smallest absolute Gasteiger partial charge is 0.174 e. The summed E-state index contributed by atoms with van der Waals surface area (Å²) in [5.74, 6) is 2.82. The first-order valence-electron chi connectivity index (χ1n) is 9.80. The molecule has 4 aliphatic rings. The van der Waals surface area contributed by atoms with Gasteiger partial charge in [0.2, 0.25) is 0 Å². The van der Waals surface area contributed by atoms with Crippen molar-refractivity contribution in [2.45, 2.75) is 71.6 Å². The van der Waals surface area contributed by atoms with Crippen molar-refractivity contribution in [2.75, 3.05) is 0 Å². The monoisotopic (exact) mass is 345 g/mol. The summed E-state index contributed by atoms with van der Waals surface area (Å²) in [5, 5.41) is 10.5. The Labute approximate surface area is 150 Å². The zero-order valence-electron chi connectivity index (χ0n) is 14.9. The van der Waals surface area contributed by atoms with Crippen LogP contribution in [0.25, 0.3) is 0 Å². The number of hydrogen-bond donors (Lipinski definition) is 0. The van der Waals surface area contributed by atoms with E-state index in [1.807, 2.05) is 0 Å². The van der Waals surface area contributed by atoms with Crippen LogP contribution in [0.1, 0.15) is 71.6 Å². The topological polar surface area (TPSA) is 40.9 Å². The lowest BCUT2D eigenvalue weighted by atomic mass is 9.48. The van der Waals surface area contributed by atoms with E-state index in [1.165, 1.54) is 31.3 Å². The summed E-state index contributed by atoms with van der Waals surface area (Å²) >= 11 is 6.39. The molecule has 0 amide bonds. The Morgan fingerprint density at radius 2 is 1.96 bits per heavy atom. The van der Waals surface area contributed by atoms with Crippen LogP contribution >= 0.6 is 11.6 Å². The van der Waals surface area contributed by atoms with Gasteiger partial charge in [-0.25, -0.2) is 0 Å². The van der Waals surface area contributed by atoms with E-state index < -0.39 is 0 Å². The number of carbonyl (C=O) groups is 1. The fraction of sp³-hybridized carbons (Fsp3) is 0.810. The first-order valence-corrected chi connectivity index (χ1v) is 10.2. The van der Waals surface area contributed by atoms with Crippen LogP contribution in [0.3, 0.4) is 0 Å². The van der Waals surface area contributed by atoms with E-state index in [9.17, 15) is 10.1 Å². The number of rotatable bonds is 1. The number of nitriles is 1. The molecule has 130 valence electrons. The van der Waals surface area contributed by atoms with E-state index >= 15 is 0 Å². The Morgan fingerprint density at radius 3 is 2.67 bits per heavy atom. The zero-order valence-corrected chi connectivity index (χ0v) is 15.7. The summed E-state index contributed by atoms with van der Waals surface area (Å²) in [6, 6.07) is 2.76. The number of nitrogens with zero attached hydrogens (tertiary/aromatic N) is 1. The molecule has 0 aromatic carbocycles. The van der Waals surface area contributed by atoms with Gasteiger partial charge < -0.3 is 0 Å². The van der Waals surface area contributed by atoms with Crippen LogP contribution in [0.15, 0.2) is 10.6 Å². The van der Waals surface area contributed by atoms with Crippen molar-refractivity contribution in [3.8, 4) is 6.07 Å². The Kier molecular flexibility index (Phi) is 3.88. The van der Waals surface area contributed by atoms with Crippen molar-refractivity contribution >= 4 is 17.4 Å². The highest BCUT2D eigenvalue weighted by atomic mass is 35.5. The van der Waals surface area contributed by atoms with Crippen molar-refractivity contribution in [2.24, 2.45) is 34.5 Å². The molecule has 0 radical (unpaired) electrons. The van der Waals surface area contributed by atoms with Crippen LogP contribution in [0.4, 0.5) is 0 Å². The van der Waals surface area contributed by atoms with E-state index in [1.54, 1.807) is 0 Å². The van der Waals surface area contributed by atoms with Gasteiger partial charge in [0, 0.05) is 6.42 Å². The zero-order chi connectivity index (χ0) is 17.1. The van der Waals surface area contributed by atoms with Gasteiger partial charge in [0.15, 0.2) is 5.78 Å². The van der Waals surface area contributed by atoms with E-state index in [0.717, 1.165) is 31.6 Å². The van der Waals surface area contributed by atoms with Crippen LogP contribution in [0.2, 0.25) is 0 Å². The maximum atomic E-state index is 12.0. The SMILES string of the molecule is CC[C@]1(C#N)CC[C@H]2[C@@H]3CCC4=C(Cl)C(=O)CC[C@@H]4[C@H]3CC[C@@]21C. The molecular weight excluding hydrogens is 318 g/mol. The van der Waals surface area contributed by atoms with E-state index in [0.29, 0.717) is 29.2 Å². The second-order valence-corrected chi connectivity index (χ2v) is 9.30. The molecule has 4 aliphatic carbocycles. The lowest BCUT2D eigenvalue weighted by Crippen LogP contribution is -2.49. The van der Waals surface area contributed by atoms with Crippen LogP contribution in [-0.4, -0.2) is 5.78 Å². The van der Waals surface area contributed by atoms with Crippen molar-refractivity contribution in [1.82, 2.24) is 0 Å². The Hall–Kier alpha value is -0.810. The Balaban J connectivity index is 1.67. The summed E-state index contributed by atoms with van der Waals surface area (Å²) < 4.78 is 0. The summed E-state index contributed by atoms with van der Waals surface area (Å²) in [7, 11) is 0. The third kappa shape index (κ3) is 1.97. The minimum Gasteiger partial charge on any atom is -0.293 e. The molecule has 0 spiro atoms. The predicted octanol–water partition coefficient (Wildman–Crippen LogP) is 5.61. The van der Waals surface area contributed by atoms with Crippen molar-refractivity contribution in [3.05, 3.63) is 10.6 Å². The number of carbonyl (C=O) groups excluding carboxylic acids is 1. The van der Waals surface area contributed by atoms with Crippen LogP contribution in [-0.2, 0) is 4.79 Å².